The molecule has 1 saturated heterocycles. The number of amides is 1. The molecule has 3 rings (SSSR count). The summed E-state index contributed by atoms with van der Waals surface area (Å²) in [6.07, 6.45) is 0.352. The summed E-state index contributed by atoms with van der Waals surface area (Å²) in [5.41, 5.74) is 0.177. The molecule has 8 heteroatoms. The largest absolute Gasteiger partial charge is 0.481 e. The van der Waals surface area contributed by atoms with Crippen molar-refractivity contribution in [2.75, 3.05) is 13.2 Å². The zero-order valence-corrected chi connectivity index (χ0v) is 19.7. The van der Waals surface area contributed by atoms with Gasteiger partial charge in [0.05, 0.1) is 12.0 Å². The number of nitrogens with one attached hydrogen (secondary N) is 1. The van der Waals surface area contributed by atoms with Gasteiger partial charge >= 0.3 is 12.1 Å². The van der Waals surface area contributed by atoms with Crippen molar-refractivity contribution in [3.8, 4) is 11.1 Å². The zero-order valence-electron chi connectivity index (χ0n) is 19.0. The summed E-state index contributed by atoms with van der Waals surface area (Å²) < 4.78 is 25.0. The topological polar surface area (TPSA) is 84.9 Å². The van der Waals surface area contributed by atoms with Crippen molar-refractivity contribution in [2.45, 2.75) is 51.7 Å². The van der Waals surface area contributed by atoms with Crippen LogP contribution in [0.3, 0.4) is 0 Å². The fraction of sp³-hybridized carbons (Fsp3) is 0.440. The number of benzene rings is 2. The van der Waals surface area contributed by atoms with Crippen LogP contribution in [0.15, 0.2) is 42.5 Å². The summed E-state index contributed by atoms with van der Waals surface area (Å²) >= 11 is 6.00. The third-order valence-electron chi connectivity index (χ3n) is 5.59. The third kappa shape index (κ3) is 6.68. The predicted molar refractivity (Wildman–Crippen MR) is 124 cm³/mol. The van der Waals surface area contributed by atoms with Crippen molar-refractivity contribution in [1.29, 1.82) is 0 Å². The van der Waals surface area contributed by atoms with Crippen molar-refractivity contribution in [3.05, 3.63) is 58.9 Å². The van der Waals surface area contributed by atoms with Gasteiger partial charge in [-0.2, -0.15) is 0 Å². The Kier molecular flexibility index (Phi) is 7.65. The number of carboxylic acids is 1. The molecule has 6 nitrogen and oxygen atoms in total. The average molecular weight is 478 g/mol. The number of aliphatic carboxylic acids is 1. The first kappa shape index (κ1) is 25.0. The van der Waals surface area contributed by atoms with E-state index in [2.05, 4.69) is 5.32 Å². The lowest BCUT2D eigenvalue weighted by Crippen LogP contribution is -2.45. The van der Waals surface area contributed by atoms with Crippen molar-refractivity contribution in [3.63, 3.8) is 0 Å². The summed E-state index contributed by atoms with van der Waals surface area (Å²) in [4.78, 5) is 24.5. The summed E-state index contributed by atoms with van der Waals surface area (Å²) in [6, 6.07) is 11.1. The second-order valence-corrected chi connectivity index (χ2v) is 9.90. The fourth-order valence-electron chi connectivity index (χ4n) is 3.97. The van der Waals surface area contributed by atoms with Gasteiger partial charge in [-0.1, -0.05) is 35.9 Å². The van der Waals surface area contributed by atoms with E-state index < -0.39 is 29.1 Å². The molecule has 2 N–H and O–H groups in total. The quantitative estimate of drug-likeness (QED) is 0.552. The highest BCUT2D eigenvalue weighted by Crippen LogP contribution is 2.35. The van der Waals surface area contributed by atoms with E-state index in [9.17, 15) is 19.1 Å². The smallest absolute Gasteiger partial charge is 0.407 e. The maximum atomic E-state index is 14.2. The second-order valence-electron chi connectivity index (χ2n) is 9.46. The monoisotopic (exact) mass is 477 g/mol. The molecule has 33 heavy (non-hydrogen) atoms. The Hall–Kier alpha value is -2.64. The highest BCUT2D eigenvalue weighted by Gasteiger charge is 2.44. The molecule has 0 saturated carbocycles. The van der Waals surface area contributed by atoms with E-state index >= 15 is 0 Å². The molecule has 2 unspecified atom stereocenters. The molecule has 2 aromatic rings. The molecule has 0 radical (unpaired) electrons. The Labute approximate surface area is 198 Å². The van der Waals surface area contributed by atoms with Gasteiger partial charge < -0.3 is 19.9 Å². The lowest BCUT2D eigenvalue weighted by molar-refractivity contribution is -0.149. The minimum Gasteiger partial charge on any atom is -0.481 e. The first-order chi connectivity index (χ1) is 15.5. The van der Waals surface area contributed by atoms with Gasteiger partial charge in [0.1, 0.15) is 11.4 Å². The summed E-state index contributed by atoms with van der Waals surface area (Å²) in [5.74, 6) is -1.32. The zero-order chi connectivity index (χ0) is 24.2. The number of hydrogen-bond acceptors (Lipinski definition) is 4. The van der Waals surface area contributed by atoms with Crippen LogP contribution in [0, 0.1) is 11.2 Å². The lowest BCUT2D eigenvalue weighted by Gasteiger charge is -2.29. The van der Waals surface area contributed by atoms with Crippen molar-refractivity contribution in [2.24, 2.45) is 5.41 Å². The van der Waals surface area contributed by atoms with E-state index in [0.29, 0.717) is 35.6 Å². The Morgan fingerprint density at radius 3 is 2.52 bits per heavy atom. The molecule has 0 bridgehead atoms. The average Bonchev–Trinajstić information content (AvgIpc) is 3.19. The molecule has 1 heterocycles. The summed E-state index contributed by atoms with van der Waals surface area (Å²) in [5, 5.41) is 13.1. The Morgan fingerprint density at radius 2 is 1.94 bits per heavy atom. The standard InChI is InChI=1S/C25H29ClFNO5/c1-24(2,3)33-23(31)28-19(14-25(22(29)30)10-11-32-15-25)12-16-4-6-17(7-5-16)20-13-18(26)8-9-21(20)27/h4-9,13,19H,10-12,14-15H2,1-3H3,(H,28,31)(H,29,30). The number of rotatable bonds is 7. The Morgan fingerprint density at radius 1 is 1.24 bits per heavy atom. The SMILES string of the molecule is CC(C)(C)OC(=O)NC(Cc1ccc(-c2cc(Cl)ccc2F)cc1)CC1(C(=O)O)CCOC1. The van der Waals surface area contributed by atoms with Crippen LogP contribution in [-0.4, -0.2) is 42.0 Å². The molecule has 2 atom stereocenters. The maximum absolute atomic E-state index is 14.2. The van der Waals surface area contributed by atoms with Gasteiger partial charge in [0.25, 0.3) is 0 Å². The molecule has 2 aromatic carbocycles. The first-order valence-corrected chi connectivity index (χ1v) is 11.2. The molecule has 0 aliphatic carbocycles. The molecule has 0 spiro atoms. The van der Waals surface area contributed by atoms with E-state index in [4.69, 9.17) is 21.1 Å². The number of halogens is 2. The molecule has 1 aliphatic rings. The Balaban J connectivity index is 1.80. The fourth-order valence-corrected chi connectivity index (χ4v) is 4.14. The van der Waals surface area contributed by atoms with E-state index in [1.54, 1.807) is 39.0 Å². The summed E-state index contributed by atoms with van der Waals surface area (Å²) in [7, 11) is 0. The molecule has 1 fully saturated rings. The van der Waals surface area contributed by atoms with Crippen LogP contribution in [0.4, 0.5) is 9.18 Å². The van der Waals surface area contributed by atoms with Crippen molar-refractivity contribution >= 4 is 23.7 Å². The van der Waals surface area contributed by atoms with E-state index in [0.717, 1.165) is 5.56 Å². The minimum atomic E-state index is -1.07. The van der Waals surface area contributed by atoms with Gasteiger partial charge in [0, 0.05) is 23.2 Å². The molecular weight excluding hydrogens is 449 g/mol. The van der Waals surface area contributed by atoms with E-state index in [-0.39, 0.29) is 18.8 Å². The number of carbonyl (C=O) groups excluding carboxylic acids is 1. The summed E-state index contributed by atoms with van der Waals surface area (Å²) in [6.45, 7) is 5.75. The van der Waals surface area contributed by atoms with Gasteiger partial charge in [0.15, 0.2) is 0 Å². The molecule has 0 aromatic heterocycles. The normalized spacial score (nSPS) is 19.2. The van der Waals surface area contributed by atoms with Crippen LogP contribution < -0.4 is 5.32 Å². The van der Waals surface area contributed by atoms with Crippen molar-refractivity contribution in [1.82, 2.24) is 5.32 Å². The van der Waals surface area contributed by atoms with Gasteiger partial charge in [-0.15, -0.1) is 0 Å². The maximum Gasteiger partial charge on any atom is 0.407 e. The van der Waals surface area contributed by atoms with E-state index in [1.807, 2.05) is 12.1 Å². The molecule has 1 aliphatic heterocycles. The first-order valence-electron chi connectivity index (χ1n) is 10.8. The van der Waals surface area contributed by atoms with Gasteiger partial charge in [-0.25, -0.2) is 9.18 Å². The molecule has 1 amide bonds. The van der Waals surface area contributed by atoms with Gasteiger partial charge in [-0.05, 0) is 69.4 Å². The van der Waals surface area contributed by atoms with Crippen LogP contribution in [0.5, 0.6) is 0 Å². The lowest BCUT2D eigenvalue weighted by atomic mass is 9.79. The highest BCUT2D eigenvalue weighted by atomic mass is 35.5. The number of hydrogen-bond donors (Lipinski definition) is 2. The number of alkyl carbamates (subject to hydrolysis) is 1. The van der Waals surface area contributed by atoms with Crippen LogP contribution in [0.25, 0.3) is 11.1 Å². The second kappa shape index (κ2) is 10.1. The number of ether oxygens (including phenoxy) is 2. The number of carboxylic acid groups (broad SMARTS) is 1. The van der Waals surface area contributed by atoms with E-state index in [1.165, 1.54) is 12.1 Å². The minimum absolute atomic E-state index is 0.0990. The number of carbonyl (C=O) groups is 2. The van der Waals surface area contributed by atoms with Crippen molar-refractivity contribution < 1.29 is 28.6 Å². The highest BCUT2D eigenvalue weighted by molar-refractivity contribution is 6.30. The molecular formula is C25H29ClFNO5. The predicted octanol–water partition coefficient (Wildman–Crippen LogP) is 5.46. The van der Waals surface area contributed by atoms with Crippen LogP contribution in [-0.2, 0) is 20.7 Å². The Bertz CT molecular complexity index is 997. The third-order valence-corrected chi connectivity index (χ3v) is 5.83. The van der Waals surface area contributed by atoms with Crippen LogP contribution in [0.2, 0.25) is 5.02 Å². The van der Waals surface area contributed by atoms with Gasteiger partial charge in [0.2, 0.25) is 0 Å². The van der Waals surface area contributed by atoms with Gasteiger partial charge in [-0.3, -0.25) is 4.79 Å². The van der Waals surface area contributed by atoms with Crippen LogP contribution >= 0.6 is 11.6 Å². The van der Waals surface area contributed by atoms with Crippen LogP contribution in [0.1, 0.15) is 39.2 Å². The molecule has 178 valence electrons.